The zero-order valence-electron chi connectivity index (χ0n) is 9.38. The molecule has 0 fully saturated rings. The minimum atomic E-state index is -0.445. The molecule has 1 amide bonds. The van der Waals surface area contributed by atoms with Gasteiger partial charge in [-0.25, -0.2) is 0 Å². The van der Waals surface area contributed by atoms with Crippen LogP contribution in [0.1, 0.15) is 52.4 Å². The van der Waals surface area contributed by atoms with Crippen molar-refractivity contribution in [3.05, 3.63) is 0 Å². The molecule has 0 radical (unpaired) electrons. The molecule has 0 aliphatic carbocycles. The fourth-order valence-corrected chi connectivity index (χ4v) is 1.24. The average Bonchev–Trinajstić information content (AvgIpc) is 2.14. The van der Waals surface area contributed by atoms with E-state index >= 15 is 0 Å². The fourth-order valence-electron chi connectivity index (χ4n) is 1.24. The van der Waals surface area contributed by atoms with Crippen LogP contribution in [0, 0.1) is 0 Å². The smallest absolute Gasteiger partial charge is 0.220 e. The van der Waals surface area contributed by atoms with Crippen molar-refractivity contribution in [2.45, 2.75) is 58.5 Å². The van der Waals surface area contributed by atoms with Gasteiger partial charge in [-0.15, -0.1) is 0 Å². The molecular formula is C11H23NO2. The van der Waals surface area contributed by atoms with Crippen LogP contribution >= 0.6 is 0 Å². The first-order valence-electron chi connectivity index (χ1n) is 5.61. The van der Waals surface area contributed by atoms with Crippen molar-refractivity contribution < 1.29 is 9.90 Å². The molecule has 0 saturated carbocycles. The molecule has 0 heterocycles. The molecule has 0 rings (SSSR count). The van der Waals surface area contributed by atoms with Gasteiger partial charge in [0.2, 0.25) is 5.91 Å². The van der Waals surface area contributed by atoms with Crippen molar-refractivity contribution in [2.24, 2.45) is 0 Å². The summed E-state index contributed by atoms with van der Waals surface area (Å²) in [7, 11) is 0. The van der Waals surface area contributed by atoms with Crippen LogP contribution < -0.4 is 5.32 Å². The number of hydrogen-bond acceptors (Lipinski definition) is 2. The van der Waals surface area contributed by atoms with E-state index in [0.29, 0.717) is 13.0 Å². The molecule has 0 aromatic carbocycles. The van der Waals surface area contributed by atoms with E-state index in [9.17, 15) is 4.79 Å². The summed E-state index contributed by atoms with van der Waals surface area (Å²) in [5.41, 5.74) is 0. The molecule has 3 nitrogen and oxygen atoms in total. The maximum absolute atomic E-state index is 11.2. The molecule has 0 aliphatic heterocycles. The molecule has 0 saturated heterocycles. The zero-order chi connectivity index (χ0) is 10.8. The highest BCUT2D eigenvalue weighted by Crippen LogP contribution is 2.04. The van der Waals surface area contributed by atoms with Gasteiger partial charge in [0.15, 0.2) is 0 Å². The van der Waals surface area contributed by atoms with Crippen LogP contribution in [-0.4, -0.2) is 23.7 Å². The first-order valence-corrected chi connectivity index (χ1v) is 5.61. The van der Waals surface area contributed by atoms with Gasteiger partial charge in [-0.3, -0.25) is 4.79 Å². The number of rotatable bonds is 8. The van der Waals surface area contributed by atoms with Gasteiger partial charge in [-0.05, 0) is 13.3 Å². The number of hydrogen-bond donors (Lipinski definition) is 2. The Bertz CT molecular complexity index is 146. The van der Waals surface area contributed by atoms with Crippen LogP contribution in [0.3, 0.4) is 0 Å². The third-order valence-electron chi connectivity index (χ3n) is 2.10. The summed E-state index contributed by atoms with van der Waals surface area (Å²) >= 11 is 0. The van der Waals surface area contributed by atoms with E-state index in [1.807, 2.05) is 0 Å². The minimum Gasteiger partial charge on any atom is -0.392 e. The van der Waals surface area contributed by atoms with Gasteiger partial charge in [0.05, 0.1) is 6.10 Å². The van der Waals surface area contributed by atoms with Crippen molar-refractivity contribution in [3.63, 3.8) is 0 Å². The summed E-state index contributed by atoms with van der Waals surface area (Å²) in [4.78, 5) is 11.2. The summed E-state index contributed by atoms with van der Waals surface area (Å²) < 4.78 is 0. The van der Waals surface area contributed by atoms with Crippen LogP contribution in [0.5, 0.6) is 0 Å². The van der Waals surface area contributed by atoms with Gasteiger partial charge < -0.3 is 10.4 Å². The predicted molar refractivity (Wildman–Crippen MR) is 58.1 cm³/mol. The van der Waals surface area contributed by atoms with E-state index in [4.69, 9.17) is 5.11 Å². The lowest BCUT2D eigenvalue weighted by atomic mass is 10.1. The second-order valence-corrected chi connectivity index (χ2v) is 3.82. The van der Waals surface area contributed by atoms with E-state index < -0.39 is 6.10 Å². The van der Waals surface area contributed by atoms with E-state index in [0.717, 1.165) is 12.8 Å². The molecular weight excluding hydrogens is 178 g/mol. The molecule has 0 unspecified atom stereocenters. The van der Waals surface area contributed by atoms with Crippen LogP contribution in [-0.2, 0) is 4.79 Å². The Kier molecular flexibility index (Phi) is 8.64. The van der Waals surface area contributed by atoms with Crippen molar-refractivity contribution in [1.82, 2.24) is 5.32 Å². The topological polar surface area (TPSA) is 49.3 Å². The van der Waals surface area contributed by atoms with Gasteiger partial charge >= 0.3 is 0 Å². The third kappa shape index (κ3) is 9.52. The number of nitrogens with one attached hydrogen (secondary N) is 1. The summed E-state index contributed by atoms with van der Waals surface area (Å²) in [6, 6.07) is 0. The van der Waals surface area contributed by atoms with Gasteiger partial charge in [0.1, 0.15) is 0 Å². The van der Waals surface area contributed by atoms with Crippen molar-refractivity contribution >= 4 is 5.91 Å². The summed E-state index contributed by atoms with van der Waals surface area (Å²) in [6.45, 7) is 4.21. The number of amides is 1. The summed E-state index contributed by atoms with van der Waals surface area (Å²) in [6.07, 6.45) is 5.96. The fraction of sp³-hybridized carbons (Fsp3) is 0.909. The first kappa shape index (κ1) is 13.4. The second-order valence-electron chi connectivity index (χ2n) is 3.82. The highest BCUT2D eigenvalue weighted by Gasteiger charge is 2.01. The largest absolute Gasteiger partial charge is 0.392 e. The molecule has 14 heavy (non-hydrogen) atoms. The standard InChI is InChI=1S/C11H23NO2/c1-3-4-5-6-7-8-11(14)12-9-10(2)13/h10,13H,3-9H2,1-2H3,(H,12,14)/t10-/m1/s1. The van der Waals surface area contributed by atoms with Crippen molar-refractivity contribution in [1.29, 1.82) is 0 Å². The average molecular weight is 201 g/mol. The number of carbonyl (C=O) groups is 1. The second kappa shape index (κ2) is 9.00. The molecule has 0 aliphatic rings. The number of aliphatic hydroxyl groups is 1. The Labute approximate surface area is 86.9 Å². The highest BCUT2D eigenvalue weighted by molar-refractivity contribution is 5.75. The van der Waals surface area contributed by atoms with Gasteiger partial charge in [0.25, 0.3) is 0 Å². The minimum absolute atomic E-state index is 0.0578. The molecule has 2 N–H and O–H groups in total. The van der Waals surface area contributed by atoms with E-state index in [2.05, 4.69) is 12.2 Å². The normalized spacial score (nSPS) is 12.5. The molecule has 1 atom stereocenters. The van der Waals surface area contributed by atoms with Crippen LogP contribution in [0.25, 0.3) is 0 Å². The van der Waals surface area contributed by atoms with Crippen molar-refractivity contribution in [2.75, 3.05) is 6.54 Å². The molecule has 3 heteroatoms. The predicted octanol–water partition coefficient (Wildman–Crippen LogP) is 1.84. The first-order chi connectivity index (χ1) is 6.66. The Balaban J connectivity index is 3.18. The van der Waals surface area contributed by atoms with Crippen molar-refractivity contribution in [3.8, 4) is 0 Å². The molecule has 0 bridgehead atoms. The molecule has 0 spiro atoms. The number of aliphatic hydroxyl groups excluding tert-OH is 1. The number of unbranched alkanes of at least 4 members (excludes halogenated alkanes) is 4. The molecule has 0 aromatic rings. The Morgan fingerprint density at radius 3 is 2.50 bits per heavy atom. The van der Waals surface area contributed by atoms with Crippen LogP contribution in [0.4, 0.5) is 0 Å². The molecule has 0 aromatic heterocycles. The molecule has 84 valence electrons. The van der Waals surface area contributed by atoms with Gasteiger partial charge in [-0.2, -0.15) is 0 Å². The quantitative estimate of drug-likeness (QED) is 0.589. The van der Waals surface area contributed by atoms with Crippen LogP contribution in [0.2, 0.25) is 0 Å². The van der Waals surface area contributed by atoms with E-state index in [1.165, 1.54) is 19.3 Å². The third-order valence-corrected chi connectivity index (χ3v) is 2.10. The highest BCUT2D eigenvalue weighted by atomic mass is 16.3. The lowest BCUT2D eigenvalue weighted by Crippen LogP contribution is -2.30. The van der Waals surface area contributed by atoms with Gasteiger partial charge in [-0.1, -0.05) is 32.6 Å². The Morgan fingerprint density at radius 1 is 1.29 bits per heavy atom. The summed E-state index contributed by atoms with van der Waals surface area (Å²) in [5, 5.41) is 11.6. The SMILES string of the molecule is CCCCCCCC(=O)NC[C@@H](C)O. The maximum atomic E-state index is 11.2. The Hall–Kier alpha value is -0.570. The Morgan fingerprint density at radius 2 is 1.93 bits per heavy atom. The van der Waals surface area contributed by atoms with E-state index in [-0.39, 0.29) is 5.91 Å². The lowest BCUT2D eigenvalue weighted by Gasteiger charge is -2.06. The lowest BCUT2D eigenvalue weighted by molar-refractivity contribution is -0.121. The van der Waals surface area contributed by atoms with Gasteiger partial charge in [0, 0.05) is 13.0 Å². The monoisotopic (exact) mass is 201 g/mol. The zero-order valence-corrected chi connectivity index (χ0v) is 9.38. The maximum Gasteiger partial charge on any atom is 0.220 e. The number of carbonyl (C=O) groups excluding carboxylic acids is 1. The summed E-state index contributed by atoms with van der Waals surface area (Å²) in [5.74, 6) is 0.0578. The van der Waals surface area contributed by atoms with E-state index in [1.54, 1.807) is 6.92 Å². The van der Waals surface area contributed by atoms with Crippen LogP contribution in [0.15, 0.2) is 0 Å².